The number of hydrogen-bond donors (Lipinski definition) is 4. The van der Waals surface area contributed by atoms with E-state index < -0.39 is 22.5 Å². The minimum absolute atomic E-state index is 0.0350. The number of carbonyl (C=O) groups is 2. The maximum Gasteiger partial charge on any atom is 0.273 e. The molecule has 1 aromatic rings. The predicted molar refractivity (Wildman–Crippen MR) is 85.4 cm³/mol. The second-order valence-electron chi connectivity index (χ2n) is 5.60. The molecule has 0 spiro atoms. The molecule has 23 heavy (non-hydrogen) atoms. The van der Waals surface area contributed by atoms with E-state index in [0.29, 0.717) is 11.7 Å². The Labute approximate surface area is 138 Å². The number of rotatable bonds is 4. The molecule has 0 radical (unpaired) electrons. The molecule has 8 heteroatoms. The van der Waals surface area contributed by atoms with Crippen molar-refractivity contribution in [2.75, 3.05) is 11.9 Å². The van der Waals surface area contributed by atoms with Gasteiger partial charge in [-0.3, -0.25) is 9.59 Å². The molecule has 3 rings (SSSR count). The van der Waals surface area contributed by atoms with E-state index in [1.165, 1.54) is 0 Å². The fraction of sp³-hybridized carbons (Fsp3) is 0.333. The van der Waals surface area contributed by atoms with E-state index in [2.05, 4.69) is 10.6 Å². The van der Waals surface area contributed by atoms with Crippen LogP contribution < -0.4 is 22.1 Å². The summed E-state index contributed by atoms with van der Waals surface area (Å²) in [6.45, 7) is 0.904. The van der Waals surface area contributed by atoms with Crippen LogP contribution in [-0.4, -0.2) is 30.5 Å². The van der Waals surface area contributed by atoms with Crippen molar-refractivity contribution in [3.8, 4) is 0 Å². The molecule has 2 amide bonds. The molecule has 1 aromatic carbocycles. The fourth-order valence-electron chi connectivity index (χ4n) is 2.87. The maximum atomic E-state index is 11.9. The molecule has 3 atom stereocenters. The number of halogens is 1. The standard InChI is InChI=1S/C15H17ClN4O3/c16-11(14(18)21)12(17)15(22)20-8-3-1-7(2-4-8)13-10-5-9(23-13)6-19-10/h1-4,9-10,13,19H,5-6,17H2,(H2,18,21)(H,20,22)/b12-11+/t9-,10-,13+/m0/s1. The Morgan fingerprint density at radius 2 is 1.96 bits per heavy atom. The molecule has 0 aromatic heterocycles. The molecule has 2 fully saturated rings. The summed E-state index contributed by atoms with van der Waals surface area (Å²) in [5.41, 5.74) is 11.6. The molecule has 6 N–H and O–H groups in total. The highest BCUT2D eigenvalue weighted by Gasteiger charge is 2.41. The van der Waals surface area contributed by atoms with Gasteiger partial charge in [0.05, 0.1) is 12.2 Å². The molecule has 2 aliphatic heterocycles. The molecule has 122 valence electrons. The zero-order chi connectivity index (χ0) is 16.6. The Hall–Kier alpha value is -2.09. The first-order valence-electron chi connectivity index (χ1n) is 7.21. The van der Waals surface area contributed by atoms with Crippen LogP contribution in [0.1, 0.15) is 18.1 Å². The topological polar surface area (TPSA) is 119 Å². The number of anilines is 1. The number of nitrogens with two attached hydrogens (primary N) is 2. The van der Waals surface area contributed by atoms with Crippen molar-refractivity contribution in [1.29, 1.82) is 0 Å². The highest BCUT2D eigenvalue weighted by atomic mass is 35.5. The van der Waals surface area contributed by atoms with E-state index in [4.69, 9.17) is 27.8 Å². The Balaban J connectivity index is 1.67. The van der Waals surface area contributed by atoms with Gasteiger partial charge in [-0.05, 0) is 24.1 Å². The Bertz CT molecular complexity index is 674. The van der Waals surface area contributed by atoms with E-state index in [1.807, 2.05) is 12.1 Å². The number of nitrogens with one attached hydrogen (secondary N) is 2. The van der Waals surface area contributed by atoms with Crippen LogP contribution in [-0.2, 0) is 14.3 Å². The molecule has 2 bridgehead atoms. The first-order valence-corrected chi connectivity index (χ1v) is 7.58. The number of morpholine rings is 1. The zero-order valence-corrected chi connectivity index (χ0v) is 13.0. The Morgan fingerprint density at radius 3 is 2.48 bits per heavy atom. The molecule has 7 nitrogen and oxygen atoms in total. The molecule has 2 aliphatic rings. The highest BCUT2D eigenvalue weighted by molar-refractivity contribution is 6.44. The molecule has 0 unspecified atom stereocenters. The van der Waals surface area contributed by atoms with Gasteiger partial charge in [0.2, 0.25) is 0 Å². The summed E-state index contributed by atoms with van der Waals surface area (Å²) in [5, 5.41) is 5.49. The lowest BCUT2D eigenvalue weighted by Crippen LogP contribution is -2.33. The van der Waals surface area contributed by atoms with Crippen LogP contribution in [0.25, 0.3) is 0 Å². The minimum atomic E-state index is -0.949. The van der Waals surface area contributed by atoms with Gasteiger partial charge in [0.15, 0.2) is 0 Å². The van der Waals surface area contributed by atoms with Crippen LogP contribution in [0.3, 0.4) is 0 Å². The second-order valence-corrected chi connectivity index (χ2v) is 5.98. The second kappa shape index (κ2) is 6.19. The number of carbonyl (C=O) groups excluding carboxylic acids is 2. The Kier molecular flexibility index (Phi) is 4.25. The summed E-state index contributed by atoms with van der Waals surface area (Å²) < 4.78 is 5.92. The van der Waals surface area contributed by atoms with Gasteiger partial charge in [-0.1, -0.05) is 23.7 Å². The van der Waals surface area contributed by atoms with Crippen molar-refractivity contribution in [3.05, 3.63) is 40.6 Å². The average Bonchev–Trinajstić information content (AvgIpc) is 3.17. The van der Waals surface area contributed by atoms with Gasteiger partial charge in [0.25, 0.3) is 11.8 Å². The van der Waals surface area contributed by atoms with Crippen LogP contribution in [0, 0.1) is 0 Å². The van der Waals surface area contributed by atoms with Gasteiger partial charge in [-0.2, -0.15) is 0 Å². The SMILES string of the molecule is NC(=O)/C(Cl)=C(\N)C(=O)Nc1ccc([C@H]2O[C@@H]3CN[C@H]2C3)cc1. The summed E-state index contributed by atoms with van der Waals surface area (Å²) in [5.74, 6) is -1.63. The van der Waals surface area contributed by atoms with E-state index in [-0.39, 0.29) is 12.2 Å². The van der Waals surface area contributed by atoms with Crippen LogP contribution in [0.2, 0.25) is 0 Å². The first-order chi connectivity index (χ1) is 11.0. The fourth-order valence-corrected chi connectivity index (χ4v) is 2.95. The number of primary amides is 1. The van der Waals surface area contributed by atoms with Crippen molar-refractivity contribution in [1.82, 2.24) is 5.32 Å². The third-order valence-electron chi connectivity index (χ3n) is 4.02. The van der Waals surface area contributed by atoms with Gasteiger partial charge in [0.1, 0.15) is 10.7 Å². The molecule has 2 heterocycles. The number of benzene rings is 1. The molecular formula is C15H17ClN4O3. The van der Waals surface area contributed by atoms with E-state index in [1.54, 1.807) is 12.1 Å². The molecule has 2 saturated heterocycles. The first kappa shape index (κ1) is 15.8. The van der Waals surface area contributed by atoms with Gasteiger partial charge in [-0.15, -0.1) is 0 Å². The monoisotopic (exact) mass is 336 g/mol. The van der Waals surface area contributed by atoms with Gasteiger partial charge in [0, 0.05) is 18.3 Å². The summed E-state index contributed by atoms with van der Waals surface area (Å²) >= 11 is 5.57. The third-order valence-corrected chi connectivity index (χ3v) is 4.41. The van der Waals surface area contributed by atoms with Crippen LogP contribution >= 0.6 is 11.6 Å². The van der Waals surface area contributed by atoms with Crippen molar-refractivity contribution in [3.63, 3.8) is 0 Å². The van der Waals surface area contributed by atoms with Crippen molar-refractivity contribution < 1.29 is 14.3 Å². The van der Waals surface area contributed by atoms with Crippen LogP contribution in [0.5, 0.6) is 0 Å². The summed E-state index contributed by atoms with van der Waals surface area (Å²) in [7, 11) is 0. The lowest BCUT2D eigenvalue weighted by molar-refractivity contribution is -0.116. The van der Waals surface area contributed by atoms with Crippen molar-refractivity contribution in [2.24, 2.45) is 11.5 Å². The molecule has 0 aliphatic carbocycles. The van der Waals surface area contributed by atoms with Crippen LogP contribution in [0.4, 0.5) is 5.69 Å². The van der Waals surface area contributed by atoms with Crippen molar-refractivity contribution >= 4 is 29.1 Å². The smallest absolute Gasteiger partial charge is 0.273 e. The summed E-state index contributed by atoms with van der Waals surface area (Å²) in [4.78, 5) is 22.8. The molecular weight excluding hydrogens is 320 g/mol. The summed E-state index contributed by atoms with van der Waals surface area (Å²) in [6, 6.07) is 7.60. The maximum absolute atomic E-state index is 11.9. The lowest BCUT2D eigenvalue weighted by Gasteiger charge is -2.23. The molecule has 0 saturated carbocycles. The van der Waals surface area contributed by atoms with Crippen LogP contribution in [0.15, 0.2) is 35.0 Å². The van der Waals surface area contributed by atoms with E-state index >= 15 is 0 Å². The largest absolute Gasteiger partial charge is 0.393 e. The number of hydrogen-bond acceptors (Lipinski definition) is 5. The van der Waals surface area contributed by atoms with E-state index in [0.717, 1.165) is 18.5 Å². The lowest BCUT2D eigenvalue weighted by atomic mass is 10.0. The third kappa shape index (κ3) is 3.17. The zero-order valence-electron chi connectivity index (χ0n) is 12.2. The number of fused-ring (bicyclic) bond motifs is 2. The van der Waals surface area contributed by atoms with Gasteiger partial charge >= 0.3 is 0 Å². The van der Waals surface area contributed by atoms with Crippen molar-refractivity contribution in [2.45, 2.75) is 24.7 Å². The number of amides is 2. The highest BCUT2D eigenvalue weighted by Crippen LogP contribution is 2.37. The van der Waals surface area contributed by atoms with Gasteiger partial charge in [-0.25, -0.2) is 0 Å². The van der Waals surface area contributed by atoms with E-state index in [9.17, 15) is 9.59 Å². The summed E-state index contributed by atoms with van der Waals surface area (Å²) in [6.07, 6.45) is 1.34. The quantitative estimate of drug-likeness (QED) is 0.590. The number of ether oxygens (including phenoxy) is 1. The van der Waals surface area contributed by atoms with Gasteiger partial charge < -0.3 is 26.8 Å². The predicted octanol–water partition coefficient (Wildman–Crippen LogP) is 0.321. The average molecular weight is 337 g/mol. The normalized spacial score (nSPS) is 26.7. The Morgan fingerprint density at radius 1 is 1.26 bits per heavy atom. The minimum Gasteiger partial charge on any atom is -0.393 e.